The number of ether oxygens (including phenoxy) is 1. The zero-order valence-electron chi connectivity index (χ0n) is 12.3. The molecule has 1 aliphatic rings. The predicted octanol–water partition coefficient (Wildman–Crippen LogP) is 2.78. The monoisotopic (exact) mass is 266 g/mol. The number of hydrogen-bond acceptors (Lipinski definition) is 4. The summed E-state index contributed by atoms with van der Waals surface area (Å²) in [5.74, 6) is 3.18. The lowest BCUT2D eigenvalue weighted by molar-refractivity contribution is -0.0252. The van der Waals surface area contributed by atoms with Gasteiger partial charge < -0.3 is 14.5 Å². The number of nitrogens with one attached hydrogen (secondary N) is 1. The second-order valence-corrected chi connectivity index (χ2v) is 5.86. The highest BCUT2D eigenvalue weighted by Crippen LogP contribution is 2.32. The molecular formula is C15H26N2O2. The molecule has 1 saturated carbocycles. The van der Waals surface area contributed by atoms with Gasteiger partial charge >= 0.3 is 0 Å². The first-order valence-corrected chi connectivity index (χ1v) is 7.43. The molecule has 0 aliphatic heterocycles. The van der Waals surface area contributed by atoms with E-state index < -0.39 is 0 Å². The summed E-state index contributed by atoms with van der Waals surface area (Å²) in [7, 11) is 0. The average Bonchev–Trinajstić information content (AvgIpc) is 2.74. The van der Waals surface area contributed by atoms with E-state index in [9.17, 15) is 0 Å². The lowest BCUT2D eigenvalue weighted by Crippen LogP contribution is -2.32. The van der Waals surface area contributed by atoms with Gasteiger partial charge in [0.2, 0.25) is 5.89 Å². The normalized spacial score (nSPS) is 22.7. The molecule has 4 nitrogen and oxygen atoms in total. The molecule has 1 aromatic heterocycles. The Morgan fingerprint density at radius 1 is 1.47 bits per heavy atom. The van der Waals surface area contributed by atoms with Crippen LogP contribution in [0.3, 0.4) is 0 Å². The fourth-order valence-electron chi connectivity index (χ4n) is 2.49. The molecule has 4 heteroatoms. The minimum atomic E-state index is 0.477. The molecule has 108 valence electrons. The van der Waals surface area contributed by atoms with Gasteiger partial charge in [-0.05, 0) is 38.1 Å². The van der Waals surface area contributed by atoms with Gasteiger partial charge in [0.1, 0.15) is 5.76 Å². The van der Waals surface area contributed by atoms with Crippen LogP contribution >= 0.6 is 0 Å². The Morgan fingerprint density at radius 3 is 2.95 bits per heavy atom. The summed E-state index contributed by atoms with van der Waals surface area (Å²) < 4.78 is 11.3. The van der Waals surface area contributed by atoms with Gasteiger partial charge in [-0.25, -0.2) is 4.98 Å². The van der Waals surface area contributed by atoms with Crippen LogP contribution in [0.4, 0.5) is 0 Å². The highest BCUT2D eigenvalue weighted by atomic mass is 16.5. The van der Waals surface area contributed by atoms with Crippen molar-refractivity contribution in [2.24, 2.45) is 11.8 Å². The van der Waals surface area contributed by atoms with Gasteiger partial charge in [0.15, 0.2) is 0 Å². The Labute approximate surface area is 115 Å². The summed E-state index contributed by atoms with van der Waals surface area (Å²) in [6, 6.07) is 0. The average molecular weight is 266 g/mol. The number of hydrogen-bond donors (Lipinski definition) is 1. The third-order valence-electron chi connectivity index (χ3n) is 3.51. The SMILES string of the molecule is CCOC1CC(Cc2cnc(CNCC(C)C)o2)C1. The molecule has 1 heterocycles. The van der Waals surface area contributed by atoms with E-state index in [1.807, 2.05) is 6.20 Å². The summed E-state index contributed by atoms with van der Waals surface area (Å²) in [5, 5.41) is 3.34. The van der Waals surface area contributed by atoms with Crippen LogP contribution in [0.1, 0.15) is 45.3 Å². The summed E-state index contributed by atoms with van der Waals surface area (Å²) in [6.07, 6.45) is 5.68. The van der Waals surface area contributed by atoms with E-state index in [2.05, 4.69) is 31.1 Å². The molecule has 0 bridgehead atoms. The fourth-order valence-corrected chi connectivity index (χ4v) is 2.49. The molecule has 1 aromatic rings. The topological polar surface area (TPSA) is 47.3 Å². The van der Waals surface area contributed by atoms with E-state index >= 15 is 0 Å². The maximum atomic E-state index is 5.75. The third kappa shape index (κ3) is 4.62. The van der Waals surface area contributed by atoms with Gasteiger partial charge in [0.25, 0.3) is 0 Å². The van der Waals surface area contributed by atoms with Crippen LogP contribution in [0.15, 0.2) is 10.6 Å². The summed E-state index contributed by atoms with van der Waals surface area (Å²) in [6.45, 7) is 8.99. The molecular weight excluding hydrogens is 240 g/mol. The quantitative estimate of drug-likeness (QED) is 0.786. The van der Waals surface area contributed by atoms with Crippen molar-refractivity contribution < 1.29 is 9.15 Å². The molecule has 2 rings (SSSR count). The van der Waals surface area contributed by atoms with Crippen LogP contribution in [0.5, 0.6) is 0 Å². The highest BCUT2D eigenvalue weighted by Gasteiger charge is 2.30. The minimum absolute atomic E-state index is 0.477. The van der Waals surface area contributed by atoms with E-state index in [0.29, 0.717) is 17.9 Å². The van der Waals surface area contributed by atoms with E-state index in [1.165, 1.54) is 0 Å². The minimum Gasteiger partial charge on any atom is -0.444 e. The van der Waals surface area contributed by atoms with Crippen LogP contribution in [0.2, 0.25) is 0 Å². The smallest absolute Gasteiger partial charge is 0.208 e. The summed E-state index contributed by atoms with van der Waals surface area (Å²) >= 11 is 0. The van der Waals surface area contributed by atoms with E-state index in [1.54, 1.807) is 0 Å². The van der Waals surface area contributed by atoms with Crippen molar-refractivity contribution in [3.05, 3.63) is 17.8 Å². The maximum absolute atomic E-state index is 5.75. The Balaban J connectivity index is 1.67. The fraction of sp³-hybridized carbons (Fsp3) is 0.800. The van der Waals surface area contributed by atoms with Crippen molar-refractivity contribution in [3.8, 4) is 0 Å². The molecule has 1 aliphatic carbocycles. The summed E-state index contributed by atoms with van der Waals surface area (Å²) in [4.78, 5) is 4.32. The van der Waals surface area contributed by atoms with Gasteiger partial charge in [-0.1, -0.05) is 13.8 Å². The Bertz CT molecular complexity index is 370. The lowest BCUT2D eigenvalue weighted by atomic mass is 9.79. The molecule has 0 spiro atoms. The highest BCUT2D eigenvalue weighted by molar-refractivity contribution is 4.98. The molecule has 0 unspecified atom stereocenters. The van der Waals surface area contributed by atoms with Crippen LogP contribution in [-0.2, 0) is 17.7 Å². The lowest BCUT2D eigenvalue weighted by Gasteiger charge is -2.34. The van der Waals surface area contributed by atoms with Crippen molar-refractivity contribution in [2.75, 3.05) is 13.2 Å². The Morgan fingerprint density at radius 2 is 2.26 bits per heavy atom. The molecule has 19 heavy (non-hydrogen) atoms. The van der Waals surface area contributed by atoms with Gasteiger partial charge in [-0.15, -0.1) is 0 Å². The number of nitrogens with zero attached hydrogens (tertiary/aromatic N) is 1. The Hall–Kier alpha value is -0.870. The molecule has 0 atom stereocenters. The van der Waals surface area contributed by atoms with Crippen molar-refractivity contribution in [1.82, 2.24) is 10.3 Å². The van der Waals surface area contributed by atoms with Gasteiger partial charge in [-0.2, -0.15) is 0 Å². The zero-order chi connectivity index (χ0) is 13.7. The van der Waals surface area contributed by atoms with Crippen molar-refractivity contribution >= 4 is 0 Å². The summed E-state index contributed by atoms with van der Waals surface area (Å²) in [5.41, 5.74) is 0. The number of rotatable bonds is 8. The molecule has 0 aromatic carbocycles. The van der Waals surface area contributed by atoms with Crippen molar-refractivity contribution in [3.63, 3.8) is 0 Å². The van der Waals surface area contributed by atoms with E-state index in [-0.39, 0.29) is 0 Å². The zero-order valence-corrected chi connectivity index (χ0v) is 12.3. The molecule has 0 amide bonds. The van der Waals surface area contributed by atoms with Crippen LogP contribution in [0.25, 0.3) is 0 Å². The van der Waals surface area contributed by atoms with Crippen LogP contribution in [0, 0.1) is 11.8 Å². The predicted molar refractivity (Wildman–Crippen MR) is 74.9 cm³/mol. The van der Waals surface area contributed by atoms with Gasteiger partial charge in [0.05, 0.1) is 18.8 Å². The molecule has 1 N–H and O–H groups in total. The first-order valence-electron chi connectivity index (χ1n) is 7.43. The largest absolute Gasteiger partial charge is 0.444 e. The van der Waals surface area contributed by atoms with Crippen molar-refractivity contribution in [2.45, 2.75) is 52.7 Å². The Kier molecular flexibility index (Phi) is 5.40. The number of oxazole rings is 1. The van der Waals surface area contributed by atoms with Crippen LogP contribution < -0.4 is 5.32 Å². The van der Waals surface area contributed by atoms with Crippen molar-refractivity contribution in [1.29, 1.82) is 0 Å². The molecule has 0 saturated heterocycles. The van der Waals surface area contributed by atoms with E-state index in [0.717, 1.165) is 50.6 Å². The van der Waals surface area contributed by atoms with Gasteiger partial charge in [-0.3, -0.25) is 0 Å². The second kappa shape index (κ2) is 7.06. The standard InChI is InChI=1S/C15H26N2O2/c1-4-18-13-5-12(6-13)7-14-9-17-15(19-14)10-16-8-11(2)3/h9,11-13,16H,4-8,10H2,1-3H3. The van der Waals surface area contributed by atoms with Crippen LogP contribution in [-0.4, -0.2) is 24.2 Å². The van der Waals surface area contributed by atoms with E-state index in [4.69, 9.17) is 9.15 Å². The first-order chi connectivity index (χ1) is 9.17. The van der Waals surface area contributed by atoms with Gasteiger partial charge in [0, 0.05) is 13.0 Å². The third-order valence-corrected chi connectivity index (χ3v) is 3.51. The number of aromatic nitrogens is 1. The molecule has 1 fully saturated rings. The first kappa shape index (κ1) is 14.5. The maximum Gasteiger partial charge on any atom is 0.208 e. The second-order valence-electron chi connectivity index (χ2n) is 5.86. The molecule has 0 radical (unpaired) electrons.